The van der Waals surface area contributed by atoms with Crippen molar-refractivity contribution in [1.29, 1.82) is 0 Å². The molecule has 0 spiro atoms. The van der Waals surface area contributed by atoms with E-state index in [2.05, 4.69) is 42.3 Å². The van der Waals surface area contributed by atoms with Crippen LogP contribution >= 0.6 is 36.2 Å². The van der Waals surface area contributed by atoms with Gasteiger partial charge in [0.15, 0.2) is 0 Å². The number of nitrogens with zero attached hydrogens (tertiary/aromatic N) is 1. The second kappa shape index (κ2) is 8.70. The molecule has 2 N–H and O–H groups in total. The van der Waals surface area contributed by atoms with Crippen molar-refractivity contribution < 1.29 is 0 Å². The smallest absolute Gasteiger partial charge is 0.0274 e. The Morgan fingerprint density at radius 1 is 1.00 bits per heavy atom. The van der Waals surface area contributed by atoms with Gasteiger partial charge in [-0.05, 0) is 61.1 Å². The lowest BCUT2D eigenvalue weighted by Crippen LogP contribution is -2.27. The Morgan fingerprint density at radius 3 is 2.44 bits per heavy atom. The highest BCUT2D eigenvalue weighted by Crippen LogP contribution is 2.41. The van der Waals surface area contributed by atoms with Gasteiger partial charge in [-0.25, -0.2) is 0 Å². The number of nitrogens with two attached hydrogens (primary N) is 1. The predicted octanol–water partition coefficient (Wildman–Crippen LogP) is 4.68. The van der Waals surface area contributed by atoms with Gasteiger partial charge >= 0.3 is 0 Å². The van der Waals surface area contributed by atoms with Crippen molar-refractivity contribution in [3.63, 3.8) is 0 Å². The molecule has 136 valence electrons. The minimum Gasteiger partial charge on any atom is -0.326 e. The molecule has 0 amide bonds. The van der Waals surface area contributed by atoms with Crippen molar-refractivity contribution in [2.45, 2.75) is 32.2 Å². The van der Waals surface area contributed by atoms with E-state index in [0.29, 0.717) is 6.54 Å². The molecule has 4 rings (SSSR count). The molecule has 0 saturated carbocycles. The first-order chi connectivity index (χ1) is 11.3. The summed E-state index contributed by atoms with van der Waals surface area (Å²) in [7, 11) is 2.23. The molecule has 5 heteroatoms. The summed E-state index contributed by atoms with van der Waals surface area (Å²) in [5, 5.41) is 0. The Hall–Kier alpha value is -0.840. The third kappa shape index (κ3) is 3.96. The monoisotopic (exact) mass is 396 g/mol. The lowest BCUT2D eigenvalue weighted by atomic mass is 9.87. The lowest BCUT2D eigenvalue weighted by Gasteiger charge is -2.27. The van der Waals surface area contributed by atoms with Gasteiger partial charge in [-0.2, -0.15) is 0 Å². The standard InChI is InChI=1S/C20H24N2S.2ClH/c1-22-10-8-15(9-11-22)20-17-5-3-2-4-14(17)6-7-19-18(20)12-16(13-21)23-19;;/h2-5,12H,6-11,13,21H2,1H3;2*1H. The van der Waals surface area contributed by atoms with E-state index in [0.717, 1.165) is 12.8 Å². The SMILES string of the molecule is CN1CCC(=C2c3ccccc3CCc3sc(CN)cc32)CC1.Cl.Cl. The van der Waals surface area contributed by atoms with E-state index >= 15 is 0 Å². The molecule has 1 aromatic heterocycles. The number of benzene rings is 1. The number of fused-ring (bicyclic) bond motifs is 2. The number of halogens is 2. The molecule has 2 nitrogen and oxygen atoms in total. The quantitative estimate of drug-likeness (QED) is 0.757. The van der Waals surface area contributed by atoms with Crippen molar-refractivity contribution in [2.24, 2.45) is 5.73 Å². The van der Waals surface area contributed by atoms with Crippen LogP contribution in [-0.2, 0) is 19.4 Å². The van der Waals surface area contributed by atoms with E-state index in [1.54, 1.807) is 5.57 Å². The molecule has 1 aromatic carbocycles. The number of hydrogen-bond acceptors (Lipinski definition) is 3. The van der Waals surface area contributed by atoms with Gasteiger partial charge in [-0.3, -0.25) is 0 Å². The number of rotatable bonds is 1. The highest BCUT2D eigenvalue weighted by Gasteiger charge is 2.24. The molecule has 2 aromatic rings. The minimum absolute atomic E-state index is 0. The van der Waals surface area contributed by atoms with E-state index in [1.165, 1.54) is 57.9 Å². The van der Waals surface area contributed by atoms with Crippen LogP contribution in [0.1, 0.15) is 39.3 Å². The summed E-state index contributed by atoms with van der Waals surface area (Å²) in [5.41, 5.74) is 13.5. The van der Waals surface area contributed by atoms with Crippen LogP contribution in [0, 0.1) is 0 Å². The van der Waals surface area contributed by atoms with Gasteiger partial charge in [0.1, 0.15) is 0 Å². The van der Waals surface area contributed by atoms with E-state index in [-0.39, 0.29) is 24.8 Å². The summed E-state index contributed by atoms with van der Waals surface area (Å²) in [5.74, 6) is 0. The molecule has 0 unspecified atom stereocenters. The largest absolute Gasteiger partial charge is 0.326 e. The number of piperidine rings is 1. The molecule has 1 aliphatic heterocycles. The average Bonchev–Trinajstić information content (AvgIpc) is 2.92. The maximum atomic E-state index is 5.93. The van der Waals surface area contributed by atoms with Crippen LogP contribution in [0.3, 0.4) is 0 Å². The van der Waals surface area contributed by atoms with Crippen molar-refractivity contribution in [2.75, 3.05) is 20.1 Å². The van der Waals surface area contributed by atoms with Crippen LogP contribution in [0.2, 0.25) is 0 Å². The third-order valence-corrected chi connectivity index (χ3v) is 6.40. The normalized spacial score (nSPS) is 17.0. The predicted molar refractivity (Wildman–Crippen MR) is 113 cm³/mol. The Bertz CT molecular complexity index is 757. The Morgan fingerprint density at radius 2 is 1.72 bits per heavy atom. The Balaban J connectivity index is 0.00000113. The van der Waals surface area contributed by atoms with Gasteiger partial charge in [-0.15, -0.1) is 36.2 Å². The first kappa shape index (κ1) is 20.5. The lowest BCUT2D eigenvalue weighted by molar-refractivity contribution is 0.313. The van der Waals surface area contributed by atoms with E-state index < -0.39 is 0 Å². The molecule has 25 heavy (non-hydrogen) atoms. The molecule has 0 bridgehead atoms. The summed E-state index contributed by atoms with van der Waals surface area (Å²) >= 11 is 1.92. The van der Waals surface area contributed by atoms with Gasteiger partial charge in [0.2, 0.25) is 0 Å². The van der Waals surface area contributed by atoms with Crippen LogP contribution < -0.4 is 5.73 Å². The Labute approximate surface area is 166 Å². The van der Waals surface area contributed by atoms with Crippen molar-refractivity contribution in [3.8, 4) is 0 Å². The maximum Gasteiger partial charge on any atom is 0.0274 e. The summed E-state index contributed by atoms with van der Waals surface area (Å²) in [6.45, 7) is 3.00. The molecular formula is C20H26Cl2N2S. The summed E-state index contributed by atoms with van der Waals surface area (Å²) in [6, 6.07) is 11.4. The zero-order chi connectivity index (χ0) is 15.8. The van der Waals surface area contributed by atoms with Gasteiger partial charge in [-0.1, -0.05) is 29.8 Å². The summed E-state index contributed by atoms with van der Waals surface area (Å²) in [4.78, 5) is 5.29. The van der Waals surface area contributed by atoms with E-state index in [4.69, 9.17) is 5.73 Å². The summed E-state index contributed by atoms with van der Waals surface area (Å²) < 4.78 is 0. The zero-order valence-corrected chi connectivity index (χ0v) is 17.0. The minimum atomic E-state index is 0. The van der Waals surface area contributed by atoms with Crippen molar-refractivity contribution in [3.05, 3.63) is 62.3 Å². The highest BCUT2D eigenvalue weighted by atomic mass is 35.5. The third-order valence-electron chi connectivity index (χ3n) is 5.18. The van der Waals surface area contributed by atoms with Gasteiger partial charge < -0.3 is 10.6 Å². The molecule has 2 heterocycles. The van der Waals surface area contributed by atoms with Crippen LogP contribution in [0.4, 0.5) is 0 Å². The van der Waals surface area contributed by atoms with Gasteiger partial charge in [0, 0.05) is 29.4 Å². The topological polar surface area (TPSA) is 29.3 Å². The van der Waals surface area contributed by atoms with Gasteiger partial charge in [0.25, 0.3) is 0 Å². The van der Waals surface area contributed by atoms with Crippen molar-refractivity contribution >= 4 is 41.7 Å². The molecular weight excluding hydrogens is 371 g/mol. The van der Waals surface area contributed by atoms with Crippen LogP contribution in [-0.4, -0.2) is 25.0 Å². The Kier molecular flexibility index (Phi) is 7.12. The summed E-state index contributed by atoms with van der Waals surface area (Å²) in [6.07, 6.45) is 4.67. The van der Waals surface area contributed by atoms with Crippen LogP contribution in [0.15, 0.2) is 35.9 Å². The first-order valence-electron chi connectivity index (χ1n) is 8.57. The second-order valence-corrected chi connectivity index (χ2v) is 7.91. The average molecular weight is 397 g/mol. The maximum absolute atomic E-state index is 5.93. The van der Waals surface area contributed by atoms with Crippen LogP contribution in [0.25, 0.3) is 5.57 Å². The van der Waals surface area contributed by atoms with Crippen LogP contribution in [0.5, 0.6) is 0 Å². The highest BCUT2D eigenvalue weighted by molar-refractivity contribution is 7.12. The van der Waals surface area contributed by atoms with Crippen molar-refractivity contribution in [1.82, 2.24) is 4.90 Å². The van der Waals surface area contributed by atoms with E-state index in [9.17, 15) is 0 Å². The van der Waals surface area contributed by atoms with Gasteiger partial charge in [0.05, 0.1) is 0 Å². The zero-order valence-electron chi connectivity index (χ0n) is 14.6. The molecule has 1 aliphatic carbocycles. The number of aryl methyl sites for hydroxylation is 2. The molecule has 2 aliphatic rings. The fourth-order valence-corrected chi connectivity index (χ4v) is 4.93. The number of thiophene rings is 1. The fraction of sp³-hybridized carbons (Fsp3) is 0.400. The molecule has 0 atom stereocenters. The fourth-order valence-electron chi connectivity index (χ4n) is 3.88. The number of hydrogen-bond donors (Lipinski definition) is 1. The molecule has 0 radical (unpaired) electrons. The molecule has 1 saturated heterocycles. The van der Waals surface area contributed by atoms with E-state index in [1.807, 2.05) is 11.3 Å². The molecule has 1 fully saturated rings. The number of likely N-dealkylation sites (tertiary alicyclic amines) is 1. The first-order valence-corrected chi connectivity index (χ1v) is 9.39. The second-order valence-electron chi connectivity index (χ2n) is 6.69.